The van der Waals surface area contributed by atoms with E-state index in [-0.39, 0.29) is 0 Å². The van der Waals surface area contributed by atoms with E-state index >= 15 is 0 Å². The Labute approximate surface area is 129 Å². The fourth-order valence-electron chi connectivity index (χ4n) is 1.89. The molecule has 2 rings (SSSR count). The second-order valence-corrected chi connectivity index (χ2v) is 5.38. The zero-order valence-electron chi connectivity index (χ0n) is 12.3. The number of aliphatic imine (C=N–C) groups is 1. The molecule has 1 heterocycles. The summed E-state index contributed by atoms with van der Waals surface area (Å²) in [6, 6.07) is 12.0. The van der Waals surface area contributed by atoms with E-state index in [1.165, 1.54) is 11.8 Å². The van der Waals surface area contributed by atoms with Crippen LogP contribution in [0.2, 0.25) is 0 Å². The molecule has 0 amide bonds. The number of hydrazone groups is 1. The van der Waals surface area contributed by atoms with Gasteiger partial charge in [-0.05, 0) is 32.2 Å². The first-order valence-corrected chi connectivity index (χ1v) is 7.72. The Morgan fingerprint density at radius 3 is 2.67 bits per heavy atom. The summed E-state index contributed by atoms with van der Waals surface area (Å²) in [7, 11) is 0. The highest BCUT2D eigenvalue weighted by atomic mass is 32.2. The van der Waals surface area contributed by atoms with Gasteiger partial charge >= 0.3 is 0 Å². The van der Waals surface area contributed by atoms with Crippen LogP contribution in [-0.4, -0.2) is 28.7 Å². The van der Waals surface area contributed by atoms with Crippen LogP contribution >= 0.6 is 11.8 Å². The number of hydrogen-bond donors (Lipinski definition) is 1. The maximum atomic E-state index is 9.48. The number of benzene rings is 1. The van der Waals surface area contributed by atoms with E-state index in [0.29, 0.717) is 18.1 Å². The summed E-state index contributed by atoms with van der Waals surface area (Å²) >= 11 is 1.47. The fraction of sp³-hybridized carbons (Fsp3) is 0.267. The molecule has 108 valence electrons. The van der Waals surface area contributed by atoms with Crippen molar-refractivity contribution in [1.29, 1.82) is 5.26 Å². The monoisotopic (exact) mass is 299 g/mol. The first-order chi connectivity index (χ1) is 10.2. The highest BCUT2D eigenvalue weighted by Gasteiger charge is 2.23. The standard InChI is InChI=1S/C15H17N5S/c1-11(2)19-20-10-17-15(21-3)13(9-16)14(20)18-12-7-5-4-6-8-12/h4-8,18H,10H2,1-3H3. The zero-order chi connectivity index (χ0) is 15.2. The molecule has 0 unspecified atom stereocenters. The number of anilines is 1. The Morgan fingerprint density at radius 2 is 2.10 bits per heavy atom. The molecule has 0 aromatic heterocycles. The first-order valence-electron chi connectivity index (χ1n) is 6.50. The van der Waals surface area contributed by atoms with Crippen molar-refractivity contribution in [3.8, 4) is 6.07 Å². The largest absolute Gasteiger partial charge is 0.339 e. The van der Waals surface area contributed by atoms with Crippen molar-refractivity contribution in [2.24, 2.45) is 10.1 Å². The van der Waals surface area contributed by atoms with E-state index in [1.54, 1.807) is 5.01 Å². The molecule has 6 heteroatoms. The van der Waals surface area contributed by atoms with E-state index in [4.69, 9.17) is 0 Å². The van der Waals surface area contributed by atoms with Crippen molar-refractivity contribution in [3.63, 3.8) is 0 Å². The number of rotatable bonds is 3. The van der Waals surface area contributed by atoms with Crippen LogP contribution in [0.15, 0.2) is 51.8 Å². The van der Waals surface area contributed by atoms with Gasteiger partial charge in [0.25, 0.3) is 0 Å². The molecule has 5 nitrogen and oxygen atoms in total. The Bertz CT molecular complexity index is 636. The predicted octanol–water partition coefficient (Wildman–Crippen LogP) is 3.26. The summed E-state index contributed by atoms with van der Waals surface area (Å²) in [5.74, 6) is 0.671. The smallest absolute Gasteiger partial charge is 0.150 e. The Hall–Kier alpha value is -2.26. The molecule has 0 saturated heterocycles. The molecule has 0 fully saturated rings. The van der Waals surface area contributed by atoms with Crippen molar-refractivity contribution in [3.05, 3.63) is 41.7 Å². The summed E-state index contributed by atoms with van der Waals surface area (Å²) in [5.41, 5.74) is 2.33. The van der Waals surface area contributed by atoms with Gasteiger partial charge in [-0.2, -0.15) is 10.4 Å². The van der Waals surface area contributed by atoms with Crippen LogP contribution < -0.4 is 5.32 Å². The average Bonchev–Trinajstić information content (AvgIpc) is 2.49. The van der Waals surface area contributed by atoms with Gasteiger partial charge in [0.15, 0.2) is 0 Å². The quantitative estimate of drug-likeness (QED) is 0.870. The number of hydrogen-bond acceptors (Lipinski definition) is 6. The van der Waals surface area contributed by atoms with Gasteiger partial charge in [-0.3, -0.25) is 4.99 Å². The molecular formula is C15H17N5S. The lowest BCUT2D eigenvalue weighted by Gasteiger charge is -2.27. The second-order valence-electron chi connectivity index (χ2n) is 4.58. The normalized spacial score (nSPS) is 14.4. The lowest BCUT2D eigenvalue weighted by Crippen LogP contribution is -2.30. The molecule has 0 atom stereocenters. The Kier molecular flexibility index (Phi) is 5.01. The van der Waals surface area contributed by atoms with E-state index in [0.717, 1.165) is 16.4 Å². The molecule has 1 N–H and O–H groups in total. The summed E-state index contributed by atoms with van der Waals surface area (Å²) in [6.07, 6.45) is 1.92. The van der Waals surface area contributed by atoms with E-state index in [1.807, 2.05) is 50.4 Å². The Morgan fingerprint density at radius 1 is 1.38 bits per heavy atom. The fourth-order valence-corrected chi connectivity index (χ4v) is 2.42. The van der Waals surface area contributed by atoms with Crippen LogP contribution in [0.1, 0.15) is 13.8 Å². The highest BCUT2D eigenvalue weighted by molar-refractivity contribution is 8.13. The summed E-state index contributed by atoms with van der Waals surface area (Å²) in [6.45, 7) is 4.24. The van der Waals surface area contributed by atoms with Gasteiger partial charge in [-0.25, -0.2) is 5.01 Å². The third kappa shape index (κ3) is 3.64. The van der Waals surface area contributed by atoms with Crippen LogP contribution in [0.5, 0.6) is 0 Å². The zero-order valence-corrected chi connectivity index (χ0v) is 13.1. The molecule has 1 aromatic rings. The van der Waals surface area contributed by atoms with Gasteiger partial charge in [-0.1, -0.05) is 18.2 Å². The van der Waals surface area contributed by atoms with Gasteiger partial charge < -0.3 is 5.32 Å². The minimum absolute atomic E-state index is 0.404. The SMILES string of the molecule is CSC1=NCN(N=C(C)C)C(Nc2ccccc2)=C1C#N. The summed E-state index contributed by atoms with van der Waals surface area (Å²) < 4.78 is 0. The van der Waals surface area contributed by atoms with Crippen molar-refractivity contribution in [2.75, 3.05) is 18.2 Å². The predicted molar refractivity (Wildman–Crippen MR) is 89.1 cm³/mol. The number of nitrogens with one attached hydrogen (secondary N) is 1. The molecule has 1 aliphatic heterocycles. The van der Waals surface area contributed by atoms with Crippen LogP contribution in [0.4, 0.5) is 5.69 Å². The van der Waals surface area contributed by atoms with Crippen molar-refractivity contribution in [1.82, 2.24) is 5.01 Å². The minimum atomic E-state index is 0.404. The van der Waals surface area contributed by atoms with Crippen LogP contribution in [-0.2, 0) is 0 Å². The average molecular weight is 299 g/mol. The third-order valence-corrected chi connectivity index (χ3v) is 3.44. The maximum Gasteiger partial charge on any atom is 0.150 e. The van der Waals surface area contributed by atoms with Crippen molar-refractivity contribution < 1.29 is 0 Å². The molecule has 0 spiro atoms. The first kappa shape index (κ1) is 15.1. The van der Waals surface area contributed by atoms with Crippen LogP contribution in [0, 0.1) is 11.3 Å². The number of nitrogens with zero attached hydrogens (tertiary/aromatic N) is 4. The second kappa shape index (κ2) is 6.95. The van der Waals surface area contributed by atoms with E-state index in [9.17, 15) is 5.26 Å². The maximum absolute atomic E-state index is 9.48. The highest BCUT2D eigenvalue weighted by Crippen LogP contribution is 2.24. The number of nitriles is 1. The molecule has 21 heavy (non-hydrogen) atoms. The van der Waals surface area contributed by atoms with E-state index in [2.05, 4.69) is 21.5 Å². The molecule has 0 bridgehead atoms. The molecule has 0 radical (unpaired) electrons. The summed E-state index contributed by atoms with van der Waals surface area (Å²) in [4.78, 5) is 4.40. The molecule has 0 aliphatic carbocycles. The van der Waals surface area contributed by atoms with E-state index < -0.39 is 0 Å². The topological polar surface area (TPSA) is 63.8 Å². The molecular weight excluding hydrogens is 282 g/mol. The van der Waals surface area contributed by atoms with Gasteiger partial charge in [-0.15, -0.1) is 11.8 Å². The van der Waals surface area contributed by atoms with Crippen LogP contribution in [0.25, 0.3) is 0 Å². The van der Waals surface area contributed by atoms with Gasteiger partial charge in [0.1, 0.15) is 29.2 Å². The molecule has 1 aliphatic rings. The van der Waals surface area contributed by atoms with Crippen molar-refractivity contribution >= 4 is 28.2 Å². The van der Waals surface area contributed by atoms with Crippen molar-refractivity contribution in [2.45, 2.75) is 13.8 Å². The number of thioether (sulfide) groups is 1. The summed E-state index contributed by atoms with van der Waals surface area (Å²) in [5, 5.41) is 19.7. The number of para-hydroxylation sites is 1. The Balaban J connectivity index is 2.44. The third-order valence-electron chi connectivity index (χ3n) is 2.72. The van der Waals surface area contributed by atoms with Crippen LogP contribution in [0.3, 0.4) is 0 Å². The lowest BCUT2D eigenvalue weighted by atomic mass is 10.2. The van der Waals surface area contributed by atoms with Gasteiger partial charge in [0, 0.05) is 11.4 Å². The lowest BCUT2D eigenvalue weighted by molar-refractivity contribution is 0.375. The van der Waals surface area contributed by atoms with Gasteiger partial charge in [0.05, 0.1) is 0 Å². The molecule has 0 saturated carbocycles. The minimum Gasteiger partial charge on any atom is -0.339 e. The molecule has 1 aromatic carbocycles. The van der Waals surface area contributed by atoms with Gasteiger partial charge in [0.2, 0.25) is 0 Å².